The first kappa shape index (κ1) is 10.4. The standard InChI is InChI=1S/C13H16N2O2/c16-13(17)10-3-1-4-11-12(10)15(9-5-6-9)8-2-7-14-11/h1,3-4,9,14H,2,5-8H2,(H,16,17). The summed E-state index contributed by atoms with van der Waals surface area (Å²) >= 11 is 0. The van der Waals surface area contributed by atoms with Crippen LogP contribution in [-0.2, 0) is 0 Å². The van der Waals surface area contributed by atoms with Crippen molar-refractivity contribution in [1.82, 2.24) is 0 Å². The van der Waals surface area contributed by atoms with E-state index in [1.807, 2.05) is 12.1 Å². The highest BCUT2D eigenvalue weighted by atomic mass is 16.4. The number of fused-ring (bicyclic) bond motifs is 1. The molecule has 2 N–H and O–H groups in total. The van der Waals surface area contributed by atoms with Crippen LogP contribution in [0.3, 0.4) is 0 Å². The van der Waals surface area contributed by atoms with Gasteiger partial charge in [-0.2, -0.15) is 0 Å². The van der Waals surface area contributed by atoms with Crippen LogP contribution in [0, 0.1) is 0 Å². The molecule has 1 saturated carbocycles. The predicted molar refractivity (Wildman–Crippen MR) is 66.9 cm³/mol. The molecule has 4 nitrogen and oxygen atoms in total. The molecular formula is C13H16N2O2. The SMILES string of the molecule is O=C(O)c1cccc2c1N(C1CC1)CCCN2. The number of aromatic carboxylic acids is 1. The molecule has 90 valence electrons. The van der Waals surface area contributed by atoms with Crippen LogP contribution in [0.1, 0.15) is 29.6 Å². The minimum Gasteiger partial charge on any atom is -0.478 e. The highest BCUT2D eigenvalue weighted by molar-refractivity contribution is 5.98. The molecule has 17 heavy (non-hydrogen) atoms. The molecule has 0 spiro atoms. The Hall–Kier alpha value is -1.71. The molecule has 0 atom stereocenters. The van der Waals surface area contributed by atoms with Crippen molar-refractivity contribution in [3.63, 3.8) is 0 Å². The quantitative estimate of drug-likeness (QED) is 0.820. The molecule has 0 bridgehead atoms. The number of nitrogens with one attached hydrogen (secondary N) is 1. The number of anilines is 2. The highest BCUT2D eigenvalue weighted by Crippen LogP contribution is 2.39. The van der Waals surface area contributed by atoms with Crippen molar-refractivity contribution in [2.75, 3.05) is 23.3 Å². The normalized spacial score (nSPS) is 19.2. The summed E-state index contributed by atoms with van der Waals surface area (Å²) < 4.78 is 0. The number of hydrogen-bond acceptors (Lipinski definition) is 3. The van der Waals surface area contributed by atoms with Crippen LogP contribution < -0.4 is 10.2 Å². The molecule has 1 aliphatic carbocycles. The van der Waals surface area contributed by atoms with Crippen molar-refractivity contribution in [1.29, 1.82) is 0 Å². The summed E-state index contributed by atoms with van der Waals surface area (Å²) in [6, 6.07) is 6.03. The van der Waals surface area contributed by atoms with Crippen molar-refractivity contribution < 1.29 is 9.90 Å². The van der Waals surface area contributed by atoms with Crippen LogP contribution in [0.5, 0.6) is 0 Å². The number of rotatable bonds is 2. The lowest BCUT2D eigenvalue weighted by Gasteiger charge is -2.25. The Morgan fingerprint density at radius 1 is 1.41 bits per heavy atom. The van der Waals surface area contributed by atoms with Crippen LogP contribution in [-0.4, -0.2) is 30.2 Å². The van der Waals surface area contributed by atoms with Gasteiger partial charge in [0.1, 0.15) is 0 Å². The highest BCUT2D eigenvalue weighted by Gasteiger charge is 2.33. The van der Waals surface area contributed by atoms with E-state index in [9.17, 15) is 9.90 Å². The fourth-order valence-electron chi connectivity index (χ4n) is 2.50. The van der Waals surface area contributed by atoms with Gasteiger partial charge in [-0.05, 0) is 31.4 Å². The molecule has 1 aliphatic heterocycles. The molecule has 0 aromatic heterocycles. The van der Waals surface area contributed by atoms with E-state index >= 15 is 0 Å². The average molecular weight is 232 g/mol. The predicted octanol–water partition coefficient (Wildman–Crippen LogP) is 2.17. The van der Waals surface area contributed by atoms with Gasteiger partial charge in [-0.15, -0.1) is 0 Å². The summed E-state index contributed by atoms with van der Waals surface area (Å²) in [7, 11) is 0. The molecule has 1 heterocycles. The molecule has 1 aromatic rings. The molecule has 0 amide bonds. The van der Waals surface area contributed by atoms with Crippen LogP contribution in [0.15, 0.2) is 18.2 Å². The largest absolute Gasteiger partial charge is 0.478 e. The van der Waals surface area contributed by atoms with E-state index in [1.54, 1.807) is 6.07 Å². The fourth-order valence-corrected chi connectivity index (χ4v) is 2.50. The number of benzene rings is 1. The Morgan fingerprint density at radius 3 is 2.94 bits per heavy atom. The van der Waals surface area contributed by atoms with Crippen LogP contribution in [0.4, 0.5) is 11.4 Å². The van der Waals surface area contributed by atoms with Gasteiger partial charge in [0.25, 0.3) is 0 Å². The minimum absolute atomic E-state index is 0.420. The van der Waals surface area contributed by atoms with Gasteiger partial charge in [-0.3, -0.25) is 0 Å². The van der Waals surface area contributed by atoms with E-state index in [1.165, 1.54) is 12.8 Å². The van der Waals surface area contributed by atoms with Crippen LogP contribution in [0.2, 0.25) is 0 Å². The zero-order valence-corrected chi connectivity index (χ0v) is 9.65. The fraction of sp³-hybridized carbons (Fsp3) is 0.462. The van der Waals surface area contributed by atoms with E-state index < -0.39 is 5.97 Å². The van der Waals surface area contributed by atoms with E-state index in [0.717, 1.165) is 30.9 Å². The van der Waals surface area contributed by atoms with Crippen LogP contribution in [0.25, 0.3) is 0 Å². The molecule has 1 aromatic carbocycles. The third-order valence-electron chi connectivity index (χ3n) is 3.43. The van der Waals surface area contributed by atoms with Crippen molar-refractivity contribution in [3.05, 3.63) is 23.8 Å². The molecular weight excluding hydrogens is 216 g/mol. The summed E-state index contributed by atoms with van der Waals surface area (Å²) in [6.45, 7) is 1.87. The Morgan fingerprint density at radius 2 is 2.24 bits per heavy atom. The monoisotopic (exact) mass is 232 g/mol. The summed E-state index contributed by atoms with van der Waals surface area (Å²) in [5.74, 6) is -0.837. The molecule has 3 rings (SSSR count). The van der Waals surface area contributed by atoms with Crippen molar-refractivity contribution in [2.45, 2.75) is 25.3 Å². The van der Waals surface area contributed by atoms with Gasteiger partial charge in [0.15, 0.2) is 0 Å². The van der Waals surface area contributed by atoms with E-state index in [2.05, 4.69) is 10.2 Å². The van der Waals surface area contributed by atoms with E-state index in [-0.39, 0.29) is 0 Å². The maximum absolute atomic E-state index is 11.3. The van der Waals surface area contributed by atoms with Crippen LogP contribution >= 0.6 is 0 Å². The summed E-state index contributed by atoms with van der Waals surface area (Å²) in [5, 5.41) is 12.6. The topological polar surface area (TPSA) is 52.6 Å². The lowest BCUT2D eigenvalue weighted by molar-refractivity contribution is 0.0697. The molecule has 0 unspecified atom stereocenters. The van der Waals surface area contributed by atoms with Gasteiger partial charge in [0, 0.05) is 19.1 Å². The smallest absolute Gasteiger partial charge is 0.337 e. The lowest BCUT2D eigenvalue weighted by Crippen LogP contribution is -2.28. The second-order valence-electron chi connectivity index (χ2n) is 4.71. The Balaban J connectivity index is 2.11. The van der Waals surface area contributed by atoms with Gasteiger partial charge in [0.2, 0.25) is 0 Å². The van der Waals surface area contributed by atoms with Gasteiger partial charge in [0.05, 0.1) is 16.9 Å². The number of para-hydroxylation sites is 1. The van der Waals surface area contributed by atoms with Gasteiger partial charge in [-0.25, -0.2) is 4.79 Å². The zero-order valence-electron chi connectivity index (χ0n) is 9.65. The molecule has 0 radical (unpaired) electrons. The third-order valence-corrected chi connectivity index (χ3v) is 3.43. The Kier molecular flexibility index (Phi) is 2.42. The number of carboxylic acid groups (broad SMARTS) is 1. The maximum atomic E-state index is 11.3. The Labute approximate surface area is 100 Å². The first-order valence-electron chi connectivity index (χ1n) is 6.14. The first-order valence-corrected chi connectivity index (χ1v) is 6.14. The minimum atomic E-state index is -0.837. The lowest BCUT2D eigenvalue weighted by atomic mass is 10.1. The molecule has 4 heteroatoms. The number of carbonyl (C=O) groups is 1. The summed E-state index contributed by atoms with van der Waals surface area (Å²) in [4.78, 5) is 13.6. The second-order valence-corrected chi connectivity index (χ2v) is 4.71. The number of hydrogen-bond donors (Lipinski definition) is 2. The van der Waals surface area contributed by atoms with E-state index in [0.29, 0.717) is 11.6 Å². The third kappa shape index (κ3) is 1.84. The molecule has 0 saturated heterocycles. The van der Waals surface area contributed by atoms with Crippen molar-refractivity contribution in [3.8, 4) is 0 Å². The van der Waals surface area contributed by atoms with Gasteiger partial charge < -0.3 is 15.3 Å². The molecule has 2 aliphatic rings. The van der Waals surface area contributed by atoms with Crippen molar-refractivity contribution >= 4 is 17.3 Å². The van der Waals surface area contributed by atoms with Crippen molar-refractivity contribution in [2.24, 2.45) is 0 Å². The van der Waals surface area contributed by atoms with Gasteiger partial charge in [-0.1, -0.05) is 6.07 Å². The summed E-state index contributed by atoms with van der Waals surface area (Å²) in [6.07, 6.45) is 3.44. The average Bonchev–Trinajstić information content (AvgIpc) is 3.13. The first-order chi connectivity index (χ1) is 8.27. The Bertz CT molecular complexity index is 455. The maximum Gasteiger partial charge on any atom is 0.337 e. The second kappa shape index (κ2) is 3.95. The summed E-state index contributed by atoms with van der Waals surface area (Å²) in [5.41, 5.74) is 2.28. The zero-order chi connectivity index (χ0) is 11.8. The molecule has 1 fully saturated rings. The number of carboxylic acids is 1. The van der Waals surface area contributed by atoms with E-state index in [4.69, 9.17) is 0 Å². The van der Waals surface area contributed by atoms with Gasteiger partial charge >= 0.3 is 5.97 Å². The number of nitrogens with zero attached hydrogens (tertiary/aromatic N) is 1.